The summed E-state index contributed by atoms with van der Waals surface area (Å²) in [7, 11) is 1.56. The summed E-state index contributed by atoms with van der Waals surface area (Å²) in [6.45, 7) is 0.611. The molecule has 0 spiro atoms. The molecule has 0 saturated carbocycles. The summed E-state index contributed by atoms with van der Waals surface area (Å²) in [5.74, 6) is 0. The van der Waals surface area contributed by atoms with Crippen LogP contribution >= 0.6 is 0 Å². The zero-order valence-electron chi connectivity index (χ0n) is 17.1. The Morgan fingerprint density at radius 3 is 2.42 bits per heavy atom. The van der Waals surface area contributed by atoms with Crippen LogP contribution in [0.1, 0.15) is 23.0 Å². The highest BCUT2D eigenvalue weighted by atomic mass is 16.5. The molecular formula is C25H21N5O. The molecule has 0 amide bonds. The number of hydrogen-bond donors (Lipinski definition) is 0. The summed E-state index contributed by atoms with van der Waals surface area (Å²) in [6.07, 6.45) is 7.06. The first-order valence-electron chi connectivity index (χ1n) is 10.1. The first-order valence-corrected chi connectivity index (χ1v) is 10.1. The van der Waals surface area contributed by atoms with Gasteiger partial charge in [-0.2, -0.15) is 0 Å². The summed E-state index contributed by atoms with van der Waals surface area (Å²) < 4.78 is 5.12. The molecule has 2 aromatic heterocycles. The normalized spacial score (nSPS) is 14.9. The number of methoxy groups -OCH3 is 1. The standard InChI is InChI=1S/C25H21N5O/c1-31-25-28-14-19(15-29-25)24-27-16-22-21(18-8-3-2-4-9-18)11-7-12-23(22)30(24)17-20-10-5-6-13-26-20/h2-16,24H,17H2,1H3. The van der Waals surface area contributed by atoms with Crippen molar-refractivity contribution in [3.05, 3.63) is 102 Å². The van der Waals surface area contributed by atoms with Gasteiger partial charge in [0.1, 0.15) is 0 Å². The predicted octanol–water partition coefficient (Wildman–Crippen LogP) is 4.69. The fourth-order valence-electron chi connectivity index (χ4n) is 3.83. The molecule has 0 fully saturated rings. The molecule has 6 heteroatoms. The number of hydrogen-bond acceptors (Lipinski definition) is 6. The molecule has 1 aliphatic rings. The molecule has 0 saturated heterocycles. The Morgan fingerprint density at radius 1 is 0.871 bits per heavy atom. The van der Waals surface area contributed by atoms with Crippen molar-refractivity contribution < 1.29 is 4.74 Å². The number of benzene rings is 2. The molecule has 5 rings (SSSR count). The maximum atomic E-state index is 5.12. The number of anilines is 1. The quantitative estimate of drug-likeness (QED) is 0.480. The van der Waals surface area contributed by atoms with Gasteiger partial charge in [-0.05, 0) is 29.3 Å². The third kappa shape index (κ3) is 3.75. The molecular weight excluding hydrogens is 386 g/mol. The summed E-state index contributed by atoms with van der Waals surface area (Å²) in [4.78, 5) is 20.3. The van der Waals surface area contributed by atoms with Crippen molar-refractivity contribution in [1.29, 1.82) is 0 Å². The van der Waals surface area contributed by atoms with Gasteiger partial charge in [0.25, 0.3) is 0 Å². The predicted molar refractivity (Wildman–Crippen MR) is 121 cm³/mol. The van der Waals surface area contributed by atoms with E-state index in [4.69, 9.17) is 9.73 Å². The van der Waals surface area contributed by atoms with Crippen molar-refractivity contribution in [2.45, 2.75) is 12.7 Å². The number of nitrogens with zero attached hydrogens (tertiary/aromatic N) is 5. The molecule has 6 nitrogen and oxygen atoms in total. The molecule has 0 aliphatic carbocycles. The molecule has 2 aromatic carbocycles. The average Bonchev–Trinajstić information content (AvgIpc) is 2.85. The Hall–Kier alpha value is -4.06. The molecule has 1 unspecified atom stereocenters. The molecule has 0 radical (unpaired) electrons. The van der Waals surface area contributed by atoms with Crippen molar-refractivity contribution in [2.75, 3.05) is 12.0 Å². The van der Waals surface area contributed by atoms with Crippen molar-refractivity contribution >= 4 is 11.9 Å². The second kappa shape index (κ2) is 8.36. The van der Waals surface area contributed by atoms with Crippen LogP contribution in [0.4, 0.5) is 5.69 Å². The van der Waals surface area contributed by atoms with E-state index in [0.29, 0.717) is 12.6 Å². The highest BCUT2D eigenvalue weighted by Crippen LogP contribution is 2.39. The van der Waals surface area contributed by atoms with E-state index in [-0.39, 0.29) is 6.17 Å². The van der Waals surface area contributed by atoms with Crippen LogP contribution < -0.4 is 9.64 Å². The zero-order chi connectivity index (χ0) is 21.0. The van der Waals surface area contributed by atoms with Crippen LogP contribution in [-0.4, -0.2) is 28.3 Å². The lowest BCUT2D eigenvalue weighted by Crippen LogP contribution is -2.31. The van der Waals surface area contributed by atoms with Gasteiger partial charge in [0.05, 0.1) is 19.3 Å². The molecule has 4 aromatic rings. The van der Waals surface area contributed by atoms with E-state index in [1.54, 1.807) is 19.5 Å². The van der Waals surface area contributed by atoms with Gasteiger partial charge in [0.15, 0.2) is 6.17 Å². The van der Waals surface area contributed by atoms with Crippen molar-refractivity contribution in [1.82, 2.24) is 15.0 Å². The Bertz CT molecular complexity index is 1190. The van der Waals surface area contributed by atoms with Crippen LogP contribution in [0.15, 0.2) is 90.3 Å². The van der Waals surface area contributed by atoms with Gasteiger partial charge < -0.3 is 9.64 Å². The molecule has 0 N–H and O–H groups in total. The van der Waals surface area contributed by atoms with Crippen LogP contribution in [0, 0.1) is 0 Å². The van der Waals surface area contributed by atoms with Crippen LogP contribution in [-0.2, 0) is 6.54 Å². The van der Waals surface area contributed by atoms with Gasteiger partial charge in [0, 0.05) is 41.6 Å². The van der Waals surface area contributed by atoms with Gasteiger partial charge in [-0.25, -0.2) is 9.97 Å². The third-order valence-electron chi connectivity index (χ3n) is 5.30. The van der Waals surface area contributed by atoms with Crippen LogP contribution in [0.5, 0.6) is 6.01 Å². The molecule has 1 atom stereocenters. The first-order chi connectivity index (χ1) is 15.3. The lowest BCUT2D eigenvalue weighted by Gasteiger charge is -2.35. The van der Waals surface area contributed by atoms with E-state index in [1.807, 2.05) is 36.7 Å². The van der Waals surface area contributed by atoms with Gasteiger partial charge in [0.2, 0.25) is 0 Å². The van der Waals surface area contributed by atoms with E-state index in [0.717, 1.165) is 33.6 Å². The maximum absolute atomic E-state index is 5.12. The third-order valence-corrected chi connectivity index (χ3v) is 5.30. The van der Waals surface area contributed by atoms with Gasteiger partial charge in [-0.1, -0.05) is 48.5 Å². The minimum atomic E-state index is -0.258. The average molecular weight is 407 g/mol. The van der Waals surface area contributed by atoms with E-state index in [1.165, 1.54) is 0 Å². The van der Waals surface area contributed by atoms with Gasteiger partial charge in [-0.15, -0.1) is 0 Å². The van der Waals surface area contributed by atoms with Crippen LogP contribution in [0.25, 0.3) is 11.1 Å². The summed E-state index contributed by atoms with van der Waals surface area (Å²) in [5.41, 5.74) is 6.36. The van der Waals surface area contributed by atoms with E-state index in [2.05, 4.69) is 62.3 Å². The second-order valence-corrected chi connectivity index (χ2v) is 7.21. The summed E-state index contributed by atoms with van der Waals surface area (Å²) >= 11 is 0. The maximum Gasteiger partial charge on any atom is 0.316 e. The Morgan fingerprint density at radius 2 is 1.68 bits per heavy atom. The summed E-state index contributed by atoms with van der Waals surface area (Å²) in [5, 5.41) is 0. The van der Waals surface area contributed by atoms with Crippen molar-refractivity contribution in [2.24, 2.45) is 4.99 Å². The summed E-state index contributed by atoms with van der Waals surface area (Å²) in [6, 6.07) is 23.0. The highest BCUT2D eigenvalue weighted by Gasteiger charge is 2.27. The molecule has 1 aliphatic heterocycles. The SMILES string of the molecule is COc1ncc(C2N=Cc3c(-c4ccccc4)cccc3N2Cc2ccccn2)cn1. The van der Waals surface area contributed by atoms with E-state index in [9.17, 15) is 0 Å². The van der Waals surface area contributed by atoms with Crippen LogP contribution in [0.2, 0.25) is 0 Å². The number of rotatable bonds is 5. The topological polar surface area (TPSA) is 63.5 Å². The van der Waals surface area contributed by atoms with E-state index < -0.39 is 0 Å². The largest absolute Gasteiger partial charge is 0.467 e. The molecule has 3 heterocycles. The molecule has 152 valence electrons. The van der Waals surface area contributed by atoms with Gasteiger partial charge >= 0.3 is 6.01 Å². The Balaban J connectivity index is 1.61. The smallest absolute Gasteiger partial charge is 0.316 e. The number of ether oxygens (including phenoxy) is 1. The number of pyridine rings is 1. The lowest BCUT2D eigenvalue weighted by atomic mass is 9.96. The fraction of sp³-hybridized carbons (Fsp3) is 0.120. The Kier molecular flexibility index (Phi) is 5.10. The fourth-order valence-corrected chi connectivity index (χ4v) is 3.83. The lowest BCUT2D eigenvalue weighted by molar-refractivity contribution is 0.378. The highest BCUT2D eigenvalue weighted by molar-refractivity contribution is 5.98. The second-order valence-electron chi connectivity index (χ2n) is 7.21. The Labute approximate surface area is 180 Å². The van der Waals surface area contributed by atoms with E-state index >= 15 is 0 Å². The van der Waals surface area contributed by atoms with Crippen LogP contribution in [0.3, 0.4) is 0 Å². The molecule has 0 bridgehead atoms. The van der Waals surface area contributed by atoms with Crippen molar-refractivity contribution in [3.63, 3.8) is 0 Å². The zero-order valence-corrected chi connectivity index (χ0v) is 17.1. The number of aliphatic imine (C=N–C) groups is 1. The van der Waals surface area contributed by atoms with Gasteiger partial charge in [-0.3, -0.25) is 9.98 Å². The minimum Gasteiger partial charge on any atom is -0.467 e. The first kappa shape index (κ1) is 18.9. The van der Waals surface area contributed by atoms with Crippen molar-refractivity contribution in [3.8, 4) is 17.1 Å². The monoisotopic (exact) mass is 407 g/mol. The molecule has 31 heavy (non-hydrogen) atoms. The number of fused-ring (bicyclic) bond motifs is 1. The number of aromatic nitrogens is 3. The minimum absolute atomic E-state index is 0.258.